The van der Waals surface area contributed by atoms with Crippen LogP contribution in [0, 0.1) is 0 Å². The smallest absolute Gasteiger partial charge is 0.121 e. The molecule has 6 rings (SSSR count). The summed E-state index contributed by atoms with van der Waals surface area (Å²) in [5, 5.41) is 0. The fourth-order valence-corrected chi connectivity index (χ4v) is 6.37. The van der Waals surface area contributed by atoms with Crippen LogP contribution in [0.25, 0.3) is 33.5 Å². The van der Waals surface area contributed by atoms with E-state index in [1.165, 1.54) is 11.4 Å². The quantitative estimate of drug-likeness (QED) is 0.243. The van der Waals surface area contributed by atoms with Crippen LogP contribution in [0.15, 0.2) is 66.7 Å². The molecule has 0 unspecified atom stereocenters. The summed E-state index contributed by atoms with van der Waals surface area (Å²) in [5.74, 6) is 0.784. The summed E-state index contributed by atoms with van der Waals surface area (Å²) in [6, 6.07) is 23.7. The molecule has 0 radical (unpaired) electrons. The Hall–Kier alpha value is -3.76. The Kier molecular flexibility index (Phi) is 10.3. The van der Waals surface area contributed by atoms with E-state index in [0.717, 1.165) is 118 Å². The molecule has 0 atom stereocenters. The second-order valence-corrected chi connectivity index (χ2v) is 13.1. The molecule has 244 valence electrons. The van der Waals surface area contributed by atoms with Crippen LogP contribution < -0.4 is 14.5 Å². The number of nitrogens with zero attached hydrogens (tertiary/aromatic N) is 8. The average Bonchev–Trinajstić information content (AvgIpc) is 3.09. The van der Waals surface area contributed by atoms with Gasteiger partial charge in [-0.15, -0.1) is 0 Å². The van der Waals surface area contributed by atoms with E-state index in [1.807, 2.05) is 18.2 Å². The first kappa shape index (κ1) is 32.2. The predicted molar refractivity (Wildman–Crippen MR) is 191 cm³/mol. The highest BCUT2D eigenvalue weighted by molar-refractivity contribution is 5.87. The Bertz CT molecular complexity index is 1560. The maximum absolute atomic E-state index is 5.51. The molecule has 2 aliphatic rings. The predicted octanol–water partition coefficient (Wildman–Crippen LogP) is 4.34. The van der Waals surface area contributed by atoms with Gasteiger partial charge in [-0.3, -0.25) is 9.80 Å². The number of hydrogen-bond donors (Lipinski definition) is 0. The molecule has 0 bridgehead atoms. The highest BCUT2D eigenvalue weighted by Crippen LogP contribution is 2.34. The summed E-state index contributed by atoms with van der Waals surface area (Å²) >= 11 is 0. The molecule has 9 heteroatoms. The molecule has 2 aliphatic heterocycles. The molecule has 9 nitrogen and oxygen atoms in total. The number of methoxy groups -OCH3 is 1. The van der Waals surface area contributed by atoms with E-state index in [-0.39, 0.29) is 0 Å². The summed E-state index contributed by atoms with van der Waals surface area (Å²) < 4.78 is 5.51. The molecule has 0 spiro atoms. The SMILES string of the molecule is COc1ccc2nc(-c3ccc(N4CCN(CCN(C)C)CC4)cc3)c(-c3ccc(N4CCN(CCN(C)C)CC4)cc3)nc2c1. The van der Waals surface area contributed by atoms with Crippen molar-refractivity contribution < 1.29 is 4.74 Å². The summed E-state index contributed by atoms with van der Waals surface area (Å²) in [6.07, 6.45) is 0. The molecular formula is C37H50N8O. The maximum Gasteiger partial charge on any atom is 0.121 e. The lowest BCUT2D eigenvalue weighted by atomic mass is 10.0. The summed E-state index contributed by atoms with van der Waals surface area (Å²) in [7, 11) is 10.3. The zero-order valence-corrected chi connectivity index (χ0v) is 28.3. The van der Waals surface area contributed by atoms with Gasteiger partial charge in [-0.1, -0.05) is 24.3 Å². The first-order chi connectivity index (χ1) is 22.4. The van der Waals surface area contributed by atoms with Crippen LogP contribution in [0.4, 0.5) is 11.4 Å². The van der Waals surface area contributed by atoms with E-state index in [0.29, 0.717) is 0 Å². The van der Waals surface area contributed by atoms with Crippen molar-refractivity contribution in [1.29, 1.82) is 0 Å². The van der Waals surface area contributed by atoms with Gasteiger partial charge in [-0.05, 0) is 64.6 Å². The molecule has 0 amide bonds. The molecule has 0 aliphatic carbocycles. The first-order valence-corrected chi connectivity index (χ1v) is 16.7. The monoisotopic (exact) mass is 622 g/mol. The molecule has 46 heavy (non-hydrogen) atoms. The van der Waals surface area contributed by atoms with Gasteiger partial charge in [0.25, 0.3) is 0 Å². The van der Waals surface area contributed by atoms with E-state index >= 15 is 0 Å². The van der Waals surface area contributed by atoms with Gasteiger partial charge in [0.1, 0.15) is 5.75 Å². The number of likely N-dealkylation sites (N-methyl/N-ethyl adjacent to an activating group) is 2. The van der Waals surface area contributed by atoms with Crippen LogP contribution >= 0.6 is 0 Å². The molecule has 2 saturated heterocycles. The number of ether oxygens (including phenoxy) is 1. The fourth-order valence-electron chi connectivity index (χ4n) is 6.37. The topological polar surface area (TPSA) is 54.5 Å². The molecular weight excluding hydrogens is 572 g/mol. The molecule has 2 fully saturated rings. The van der Waals surface area contributed by atoms with Gasteiger partial charge in [-0.2, -0.15) is 0 Å². The Labute approximate surface area is 275 Å². The summed E-state index contributed by atoms with van der Waals surface area (Å²) in [6.45, 7) is 13.0. The highest BCUT2D eigenvalue weighted by atomic mass is 16.5. The number of benzene rings is 3. The fraction of sp³-hybridized carbons (Fsp3) is 0.459. The third-order valence-electron chi connectivity index (χ3n) is 9.35. The van der Waals surface area contributed by atoms with Crippen LogP contribution in [0.1, 0.15) is 0 Å². The van der Waals surface area contributed by atoms with Crippen molar-refractivity contribution >= 4 is 22.4 Å². The minimum atomic E-state index is 0.784. The number of fused-ring (bicyclic) bond motifs is 1. The molecule has 0 N–H and O–H groups in total. The third kappa shape index (κ3) is 7.78. The van der Waals surface area contributed by atoms with Gasteiger partial charge >= 0.3 is 0 Å². The van der Waals surface area contributed by atoms with Crippen molar-refractivity contribution in [3.8, 4) is 28.3 Å². The Balaban J connectivity index is 1.22. The molecule has 4 aromatic rings. The van der Waals surface area contributed by atoms with E-state index in [2.05, 4.69) is 106 Å². The minimum absolute atomic E-state index is 0.784. The maximum atomic E-state index is 5.51. The van der Waals surface area contributed by atoms with Crippen molar-refractivity contribution in [1.82, 2.24) is 29.6 Å². The van der Waals surface area contributed by atoms with E-state index in [4.69, 9.17) is 14.7 Å². The number of anilines is 2. The molecule has 3 aromatic carbocycles. The average molecular weight is 623 g/mol. The Morgan fingerprint density at radius 3 is 1.41 bits per heavy atom. The lowest BCUT2D eigenvalue weighted by molar-refractivity contribution is 0.229. The number of aromatic nitrogens is 2. The van der Waals surface area contributed by atoms with Crippen LogP contribution in [0.5, 0.6) is 5.75 Å². The lowest BCUT2D eigenvalue weighted by Crippen LogP contribution is -2.48. The standard InChI is InChI=1S/C37H50N8O/c1-40(2)16-18-42-20-24-44(25-21-42)31-10-6-29(7-11-31)36-37(39-35-28-33(46-5)14-15-34(35)38-36)30-8-12-32(13-9-30)45-26-22-43(23-27-45)19-17-41(3)4/h6-15,28H,16-27H2,1-5H3. The van der Waals surface area contributed by atoms with E-state index < -0.39 is 0 Å². The van der Waals surface area contributed by atoms with Crippen LogP contribution in [-0.2, 0) is 0 Å². The van der Waals surface area contributed by atoms with Gasteiger partial charge in [0.15, 0.2) is 0 Å². The van der Waals surface area contributed by atoms with Gasteiger partial charge in [-0.25, -0.2) is 9.97 Å². The number of piperazine rings is 2. The summed E-state index contributed by atoms with van der Waals surface area (Å²) in [5.41, 5.74) is 8.16. The molecule has 0 saturated carbocycles. The largest absolute Gasteiger partial charge is 0.497 e. The zero-order chi connectivity index (χ0) is 32.0. The van der Waals surface area contributed by atoms with Gasteiger partial charge in [0.05, 0.1) is 29.5 Å². The minimum Gasteiger partial charge on any atom is -0.497 e. The van der Waals surface area contributed by atoms with Crippen molar-refractivity contribution in [2.75, 3.05) is 124 Å². The van der Waals surface area contributed by atoms with Crippen LogP contribution in [-0.4, -0.2) is 143 Å². The van der Waals surface area contributed by atoms with Gasteiger partial charge in [0.2, 0.25) is 0 Å². The van der Waals surface area contributed by atoms with E-state index in [9.17, 15) is 0 Å². The molecule has 1 aromatic heterocycles. The second kappa shape index (κ2) is 14.8. The normalized spacial score (nSPS) is 16.6. The van der Waals surface area contributed by atoms with E-state index in [1.54, 1.807) is 7.11 Å². The van der Waals surface area contributed by atoms with Crippen molar-refractivity contribution in [3.05, 3.63) is 66.7 Å². The number of rotatable bonds is 11. The second-order valence-electron chi connectivity index (χ2n) is 13.1. The van der Waals surface area contributed by atoms with Crippen molar-refractivity contribution in [2.24, 2.45) is 0 Å². The van der Waals surface area contributed by atoms with Gasteiger partial charge < -0.3 is 24.3 Å². The third-order valence-corrected chi connectivity index (χ3v) is 9.35. The Morgan fingerprint density at radius 1 is 0.565 bits per heavy atom. The Morgan fingerprint density at radius 2 is 1.00 bits per heavy atom. The van der Waals surface area contributed by atoms with Crippen LogP contribution in [0.3, 0.4) is 0 Å². The summed E-state index contributed by atoms with van der Waals surface area (Å²) in [4.78, 5) is 25.0. The molecule has 3 heterocycles. The van der Waals surface area contributed by atoms with Gasteiger partial charge in [0, 0.05) is 107 Å². The first-order valence-electron chi connectivity index (χ1n) is 16.7. The zero-order valence-electron chi connectivity index (χ0n) is 28.3. The lowest BCUT2D eigenvalue weighted by Gasteiger charge is -2.36. The van der Waals surface area contributed by atoms with Crippen LogP contribution in [0.2, 0.25) is 0 Å². The number of hydrogen-bond acceptors (Lipinski definition) is 9. The van der Waals surface area contributed by atoms with Crippen molar-refractivity contribution in [2.45, 2.75) is 0 Å². The highest BCUT2D eigenvalue weighted by Gasteiger charge is 2.20. The van der Waals surface area contributed by atoms with Crippen molar-refractivity contribution in [3.63, 3.8) is 0 Å².